The molecule has 8 nitrogen and oxygen atoms in total. The Labute approximate surface area is 278 Å². The van der Waals surface area contributed by atoms with E-state index in [1.54, 1.807) is 0 Å². The summed E-state index contributed by atoms with van der Waals surface area (Å²) in [6, 6.07) is 28.2. The van der Waals surface area contributed by atoms with Crippen LogP contribution in [0.4, 0.5) is 0 Å². The minimum atomic E-state index is -0.354. The van der Waals surface area contributed by atoms with Crippen molar-refractivity contribution < 1.29 is 39.4 Å². The summed E-state index contributed by atoms with van der Waals surface area (Å²) in [6.07, 6.45) is 0.497. The van der Waals surface area contributed by atoms with Gasteiger partial charge in [0.1, 0.15) is 49.4 Å². The van der Waals surface area contributed by atoms with Crippen LogP contribution in [0.15, 0.2) is 84.9 Å². The van der Waals surface area contributed by atoms with E-state index in [1.807, 2.05) is 60.7 Å². The number of aliphatic hydroxyl groups is 4. The van der Waals surface area contributed by atoms with Crippen molar-refractivity contribution >= 4 is 0 Å². The molecule has 0 amide bonds. The van der Waals surface area contributed by atoms with Crippen LogP contribution in [0.25, 0.3) is 0 Å². The van der Waals surface area contributed by atoms with E-state index in [2.05, 4.69) is 52.0 Å². The van der Waals surface area contributed by atoms with Crippen molar-refractivity contribution in [3.05, 3.63) is 118 Å². The van der Waals surface area contributed by atoms with Crippen LogP contribution in [0.2, 0.25) is 0 Å². The zero-order valence-electron chi connectivity index (χ0n) is 27.9. The molecule has 4 rings (SSSR count). The smallest absolute Gasteiger partial charge is 0.122 e. The molecule has 0 aliphatic carbocycles. The van der Waals surface area contributed by atoms with Crippen molar-refractivity contribution in [1.82, 2.24) is 0 Å². The second kappa shape index (κ2) is 16.7. The SMILES string of the molecule is CC(C)(c1ccc(OCCO)cc1)c1ccc(OCCO)c(Cc2cc(C(C)(C)c3ccc(OCCO)cc3)ccc2OCCO)c1. The van der Waals surface area contributed by atoms with Crippen LogP contribution in [0.3, 0.4) is 0 Å². The highest BCUT2D eigenvalue weighted by molar-refractivity contribution is 5.51. The predicted octanol–water partition coefficient (Wildman–Crippen LogP) is 5.41. The van der Waals surface area contributed by atoms with E-state index in [0.717, 1.165) is 33.4 Å². The molecule has 0 bridgehead atoms. The maximum absolute atomic E-state index is 9.54. The zero-order chi connectivity index (χ0) is 33.9. The molecule has 47 heavy (non-hydrogen) atoms. The van der Waals surface area contributed by atoms with Gasteiger partial charge in [-0.25, -0.2) is 0 Å². The van der Waals surface area contributed by atoms with Gasteiger partial charge in [0.15, 0.2) is 0 Å². The van der Waals surface area contributed by atoms with Gasteiger partial charge >= 0.3 is 0 Å². The quantitative estimate of drug-likeness (QED) is 0.114. The van der Waals surface area contributed by atoms with Gasteiger partial charge in [-0.05, 0) is 69.8 Å². The molecule has 0 saturated carbocycles. The predicted molar refractivity (Wildman–Crippen MR) is 183 cm³/mol. The molecule has 252 valence electrons. The van der Waals surface area contributed by atoms with Gasteiger partial charge in [-0.15, -0.1) is 0 Å². The van der Waals surface area contributed by atoms with E-state index >= 15 is 0 Å². The molecule has 0 saturated heterocycles. The Morgan fingerprint density at radius 3 is 1.09 bits per heavy atom. The van der Waals surface area contributed by atoms with E-state index in [0.29, 0.717) is 29.4 Å². The molecule has 4 aromatic carbocycles. The Morgan fingerprint density at radius 2 is 0.745 bits per heavy atom. The molecular weight excluding hydrogens is 596 g/mol. The number of aliphatic hydroxyl groups excluding tert-OH is 4. The molecule has 0 unspecified atom stereocenters. The highest BCUT2D eigenvalue weighted by Crippen LogP contribution is 2.39. The molecular formula is C39H48O8. The summed E-state index contributed by atoms with van der Waals surface area (Å²) in [5.41, 5.74) is 5.57. The second-order valence-corrected chi connectivity index (χ2v) is 12.4. The average Bonchev–Trinajstić information content (AvgIpc) is 3.09. The van der Waals surface area contributed by atoms with Gasteiger partial charge in [0.05, 0.1) is 26.4 Å². The molecule has 0 aliphatic heterocycles. The van der Waals surface area contributed by atoms with Gasteiger partial charge < -0.3 is 39.4 Å². The number of hydrogen-bond acceptors (Lipinski definition) is 8. The normalized spacial score (nSPS) is 11.7. The Bertz CT molecular complexity index is 1430. The minimum Gasteiger partial charge on any atom is -0.491 e. The van der Waals surface area contributed by atoms with Crippen molar-refractivity contribution in [3.8, 4) is 23.0 Å². The first-order valence-electron chi connectivity index (χ1n) is 16.1. The summed E-state index contributed by atoms with van der Waals surface area (Å²) in [4.78, 5) is 0. The van der Waals surface area contributed by atoms with Gasteiger partial charge in [-0.3, -0.25) is 0 Å². The summed E-state index contributed by atoms with van der Waals surface area (Å²) in [5, 5.41) is 37.3. The van der Waals surface area contributed by atoms with E-state index in [4.69, 9.17) is 29.2 Å². The third-order valence-electron chi connectivity index (χ3n) is 8.51. The molecule has 4 aromatic rings. The van der Waals surface area contributed by atoms with Gasteiger partial charge in [-0.2, -0.15) is 0 Å². The standard InChI is InChI=1S/C39H48O8/c1-38(2,30-5-11-34(12-6-30)44-21-17-40)32-9-15-36(46-23-19-42)28(26-32)25-29-27-33(10-16-37(29)47-24-20-43)39(3,4)31-7-13-35(14-8-31)45-22-18-41/h5-16,26-27,40-43H,17-25H2,1-4H3. The average molecular weight is 645 g/mol. The lowest BCUT2D eigenvalue weighted by molar-refractivity contribution is 0.199. The largest absolute Gasteiger partial charge is 0.491 e. The third kappa shape index (κ3) is 9.05. The fourth-order valence-corrected chi connectivity index (χ4v) is 5.61. The van der Waals surface area contributed by atoms with Crippen molar-refractivity contribution in [3.63, 3.8) is 0 Å². The van der Waals surface area contributed by atoms with Crippen LogP contribution in [0.1, 0.15) is 61.1 Å². The van der Waals surface area contributed by atoms with Crippen molar-refractivity contribution in [2.24, 2.45) is 0 Å². The van der Waals surface area contributed by atoms with Crippen molar-refractivity contribution in [2.75, 3.05) is 52.9 Å². The van der Waals surface area contributed by atoms with E-state index in [-0.39, 0.29) is 63.7 Å². The summed E-state index contributed by atoms with van der Waals surface area (Å²) in [6.45, 7) is 9.23. The minimum absolute atomic E-state index is 0.0392. The monoisotopic (exact) mass is 644 g/mol. The van der Waals surface area contributed by atoms with E-state index in [9.17, 15) is 10.2 Å². The lowest BCUT2D eigenvalue weighted by Gasteiger charge is -2.29. The van der Waals surface area contributed by atoms with E-state index in [1.165, 1.54) is 0 Å². The molecule has 0 radical (unpaired) electrons. The number of ether oxygens (including phenoxy) is 4. The van der Waals surface area contributed by atoms with Crippen LogP contribution in [0, 0.1) is 0 Å². The maximum Gasteiger partial charge on any atom is 0.122 e. The summed E-state index contributed by atoms with van der Waals surface area (Å²) in [7, 11) is 0. The van der Waals surface area contributed by atoms with Crippen LogP contribution in [0.5, 0.6) is 23.0 Å². The lowest BCUT2D eigenvalue weighted by atomic mass is 9.76. The first-order chi connectivity index (χ1) is 22.6. The number of hydrogen-bond donors (Lipinski definition) is 4. The topological polar surface area (TPSA) is 118 Å². The summed E-state index contributed by atoms with van der Waals surface area (Å²) < 4.78 is 23.2. The maximum atomic E-state index is 9.54. The number of rotatable bonds is 18. The molecule has 0 aliphatic rings. The van der Waals surface area contributed by atoms with Crippen molar-refractivity contribution in [2.45, 2.75) is 44.9 Å². The first kappa shape index (κ1) is 35.8. The van der Waals surface area contributed by atoms with Crippen LogP contribution in [-0.4, -0.2) is 73.3 Å². The Morgan fingerprint density at radius 1 is 0.426 bits per heavy atom. The Hall–Kier alpha value is -4.08. The Balaban J connectivity index is 1.72. The molecule has 0 fully saturated rings. The van der Waals surface area contributed by atoms with Gasteiger partial charge in [0.2, 0.25) is 0 Å². The van der Waals surface area contributed by atoms with Gasteiger partial charge in [0.25, 0.3) is 0 Å². The molecule has 0 spiro atoms. The molecule has 8 heteroatoms. The first-order valence-corrected chi connectivity index (χ1v) is 16.1. The molecule has 0 atom stereocenters. The van der Waals surface area contributed by atoms with Gasteiger partial charge in [-0.1, -0.05) is 76.2 Å². The molecule has 0 heterocycles. The molecule has 4 N–H and O–H groups in total. The van der Waals surface area contributed by atoms with Crippen molar-refractivity contribution in [1.29, 1.82) is 0 Å². The fraction of sp³-hybridized carbons (Fsp3) is 0.385. The summed E-state index contributed by atoms with van der Waals surface area (Å²) >= 11 is 0. The molecule has 0 aromatic heterocycles. The Kier molecular flexibility index (Phi) is 12.7. The highest BCUT2D eigenvalue weighted by atomic mass is 16.5. The van der Waals surface area contributed by atoms with Gasteiger partial charge in [0, 0.05) is 17.3 Å². The van der Waals surface area contributed by atoms with Crippen LogP contribution in [-0.2, 0) is 17.3 Å². The second-order valence-electron chi connectivity index (χ2n) is 12.4. The van der Waals surface area contributed by atoms with Crippen LogP contribution >= 0.6 is 0 Å². The fourth-order valence-electron chi connectivity index (χ4n) is 5.61. The number of benzene rings is 4. The third-order valence-corrected chi connectivity index (χ3v) is 8.51. The summed E-state index contributed by atoms with van der Waals surface area (Å²) in [5.74, 6) is 2.78. The highest BCUT2D eigenvalue weighted by Gasteiger charge is 2.27. The lowest BCUT2D eigenvalue weighted by Crippen LogP contribution is -2.20. The zero-order valence-corrected chi connectivity index (χ0v) is 27.9. The van der Waals surface area contributed by atoms with E-state index < -0.39 is 0 Å². The van der Waals surface area contributed by atoms with Crippen LogP contribution < -0.4 is 18.9 Å².